The van der Waals surface area contributed by atoms with Gasteiger partial charge in [0.2, 0.25) is 17.7 Å². The summed E-state index contributed by atoms with van der Waals surface area (Å²) in [6.07, 6.45) is 0. The summed E-state index contributed by atoms with van der Waals surface area (Å²) in [5.41, 5.74) is 4.16. The molecule has 33 heavy (non-hydrogen) atoms. The van der Waals surface area contributed by atoms with E-state index < -0.39 is 0 Å². The van der Waals surface area contributed by atoms with Gasteiger partial charge >= 0.3 is 0 Å². The number of piperidine rings is 1. The van der Waals surface area contributed by atoms with Crippen LogP contribution in [0.1, 0.15) is 20.8 Å². The molecule has 3 unspecified atom stereocenters. The number of anilines is 1. The molecular formula is C24H35N5O4. The van der Waals surface area contributed by atoms with E-state index in [0.29, 0.717) is 45.9 Å². The lowest BCUT2D eigenvalue weighted by molar-refractivity contribution is -0.146. The number of rotatable bonds is 6. The van der Waals surface area contributed by atoms with Crippen molar-refractivity contribution in [2.45, 2.75) is 32.9 Å². The van der Waals surface area contributed by atoms with Crippen molar-refractivity contribution in [1.82, 2.24) is 20.1 Å². The van der Waals surface area contributed by atoms with Crippen molar-refractivity contribution >= 4 is 23.4 Å². The first-order chi connectivity index (χ1) is 15.9. The first kappa shape index (κ1) is 23.7. The summed E-state index contributed by atoms with van der Waals surface area (Å²) in [6.45, 7) is 9.94. The number of ether oxygens (including phenoxy) is 1. The van der Waals surface area contributed by atoms with Gasteiger partial charge in [0.25, 0.3) is 0 Å². The highest BCUT2D eigenvalue weighted by atomic mass is 16.5. The molecule has 180 valence electrons. The summed E-state index contributed by atoms with van der Waals surface area (Å²) < 4.78 is 5.23. The smallest absolute Gasteiger partial charge is 0.248 e. The molecule has 0 spiro atoms. The third-order valence-electron chi connectivity index (χ3n) is 6.98. The van der Waals surface area contributed by atoms with Gasteiger partial charge in [0.1, 0.15) is 6.61 Å². The lowest BCUT2D eigenvalue weighted by Crippen LogP contribution is -2.61. The molecule has 0 aliphatic carbocycles. The average Bonchev–Trinajstić information content (AvgIpc) is 3.18. The third-order valence-corrected chi connectivity index (χ3v) is 6.98. The lowest BCUT2D eigenvalue weighted by atomic mass is 9.83. The monoisotopic (exact) mass is 457 g/mol. The second-order valence-corrected chi connectivity index (χ2v) is 9.27. The van der Waals surface area contributed by atoms with E-state index in [0.717, 1.165) is 5.69 Å². The van der Waals surface area contributed by atoms with Crippen molar-refractivity contribution < 1.29 is 19.1 Å². The number of amides is 3. The number of nitrogens with one attached hydrogen (secondary N) is 1. The number of nitrogens with zero attached hydrogens (tertiary/aromatic N) is 4. The zero-order valence-corrected chi connectivity index (χ0v) is 19.8. The Bertz CT molecular complexity index is 856. The number of hydrogen-bond donors (Lipinski definition) is 1. The van der Waals surface area contributed by atoms with Gasteiger partial charge in [-0.25, -0.2) is 10.4 Å². The number of para-hydroxylation sites is 1. The van der Waals surface area contributed by atoms with Crippen LogP contribution in [0.15, 0.2) is 30.3 Å². The Morgan fingerprint density at radius 1 is 1.06 bits per heavy atom. The van der Waals surface area contributed by atoms with Gasteiger partial charge in [-0.1, -0.05) is 18.2 Å². The summed E-state index contributed by atoms with van der Waals surface area (Å²) >= 11 is 0. The molecule has 3 saturated heterocycles. The van der Waals surface area contributed by atoms with Crippen LogP contribution in [0.3, 0.4) is 0 Å². The number of hydrogen-bond acceptors (Lipinski definition) is 6. The lowest BCUT2D eigenvalue weighted by Gasteiger charge is -2.43. The SMILES string of the molecule is CCOCC(=O)N1CCN(C(=O)C2CN(C(C)C)CC3C(=O)N(c4ccccc4)NC23)CC1. The standard InChI is InChI=1S/C24H35N5O4/c1-4-33-16-21(30)26-10-12-27(13-11-26)23(31)19-14-28(17(2)3)15-20-22(19)25-29(24(20)32)18-8-6-5-7-9-18/h5-9,17,19-20,22,25H,4,10-16H2,1-3H3. The maximum atomic E-state index is 13.7. The molecule has 1 aromatic rings. The highest BCUT2D eigenvalue weighted by Crippen LogP contribution is 2.33. The maximum absolute atomic E-state index is 13.7. The van der Waals surface area contributed by atoms with Crippen molar-refractivity contribution in [3.63, 3.8) is 0 Å². The number of carbonyl (C=O) groups is 3. The van der Waals surface area contributed by atoms with Crippen molar-refractivity contribution in [2.75, 3.05) is 57.5 Å². The van der Waals surface area contributed by atoms with Crippen LogP contribution in [-0.4, -0.2) is 97.0 Å². The third kappa shape index (κ3) is 4.90. The van der Waals surface area contributed by atoms with Crippen molar-refractivity contribution in [3.8, 4) is 0 Å². The molecule has 4 rings (SSSR count). The Kier molecular flexibility index (Phi) is 7.31. The van der Waals surface area contributed by atoms with Crippen LogP contribution in [0, 0.1) is 11.8 Å². The van der Waals surface area contributed by atoms with Crippen molar-refractivity contribution in [2.24, 2.45) is 11.8 Å². The van der Waals surface area contributed by atoms with E-state index in [9.17, 15) is 14.4 Å². The minimum atomic E-state index is -0.325. The van der Waals surface area contributed by atoms with Gasteiger partial charge in [-0.2, -0.15) is 0 Å². The largest absolute Gasteiger partial charge is 0.372 e. The van der Waals surface area contributed by atoms with Gasteiger partial charge in [-0.3, -0.25) is 19.3 Å². The summed E-state index contributed by atoms with van der Waals surface area (Å²) in [6, 6.07) is 9.53. The highest BCUT2D eigenvalue weighted by Gasteiger charge is 2.52. The van der Waals surface area contributed by atoms with Crippen LogP contribution in [0.2, 0.25) is 0 Å². The molecule has 0 aromatic heterocycles. The molecule has 1 aromatic carbocycles. The molecule has 0 bridgehead atoms. The molecule has 3 aliphatic heterocycles. The first-order valence-corrected chi connectivity index (χ1v) is 11.9. The Balaban J connectivity index is 1.47. The van der Waals surface area contributed by atoms with Gasteiger partial charge in [-0.05, 0) is 32.9 Å². The summed E-state index contributed by atoms with van der Waals surface area (Å²) in [5, 5.41) is 1.61. The molecule has 3 atom stereocenters. The molecule has 9 nitrogen and oxygen atoms in total. The Morgan fingerprint density at radius 2 is 1.73 bits per heavy atom. The van der Waals surface area contributed by atoms with Gasteiger partial charge < -0.3 is 14.5 Å². The maximum Gasteiger partial charge on any atom is 0.248 e. The van der Waals surface area contributed by atoms with Gasteiger partial charge in [0.05, 0.1) is 23.6 Å². The van der Waals surface area contributed by atoms with Crippen molar-refractivity contribution in [3.05, 3.63) is 30.3 Å². The predicted octanol–water partition coefficient (Wildman–Crippen LogP) is 0.570. The van der Waals surface area contributed by atoms with Gasteiger partial charge in [-0.15, -0.1) is 0 Å². The molecule has 9 heteroatoms. The van der Waals surface area contributed by atoms with E-state index in [2.05, 4.69) is 24.2 Å². The topological polar surface area (TPSA) is 85.4 Å². The molecule has 3 amide bonds. The second-order valence-electron chi connectivity index (χ2n) is 9.27. The van der Waals surface area contributed by atoms with E-state index in [1.807, 2.05) is 42.2 Å². The van der Waals surface area contributed by atoms with Crippen molar-refractivity contribution in [1.29, 1.82) is 0 Å². The van der Waals surface area contributed by atoms with Crippen LogP contribution >= 0.6 is 0 Å². The van der Waals surface area contributed by atoms with Crippen LogP contribution in [0.25, 0.3) is 0 Å². The van der Waals surface area contributed by atoms with Crippen LogP contribution in [-0.2, 0) is 19.1 Å². The van der Waals surface area contributed by atoms with E-state index in [-0.39, 0.29) is 48.2 Å². The minimum absolute atomic E-state index is 0.0145. The fraction of sp³-hybridized carbons (Fsp3) is 0.625. The Labute approximate surface area is 195 Å². The number of fused-ring (bicyclic) bond motifs is 1. The van der Waals surface area contributed by atoms with Gasteiger partial charge in [0, 0.05) is 51.9 Å². The molecule has 3 aliphatic rings. The zero-order valence-electron chi connectivity index (χ0n) is 19.8. The number of benzene rings is 1. The average molecular weight is 458 g/mol. The fourth-order valence-electron chi connectivity index (χ4n) is 5.00. The van der Waals surface area contributed by atoms with Crippen LogP contribution < -0.4 is 10.4 Å². The molecular weight excluding hydrogens is 422 g/mol. The summed E-state index contributed by atoms with van der Waals surface area (Å²) in [4.78, 5) is 45.1. The predicted molar refractivity (Wildman–Crippen MR) is 124 cm³/mol. The van der Waals surface area contributed by atoms with E-state index >= 15 is 0 Å². The number of likely N-dealkylation sites (tertiary alicyclic amines) is 1. The number of hydrazine groups is 1. The molecule has 1 N–H and O–H groups in total. The van der Waals surface area contributed by atoms with E-state index in [1.165, 1.54) is 0 Å². The van der Waals surface area contributed by atoms with Gasteiger partial charge in [0.15, 0.2) is 0 Å². The molecule has 0 saturated carbocycles. The van der Waals surface area contributed by atoms with Crippen LogP contribution in [0.5, 0.6) is 0 Å². The quantitative estimate of drug-likeness (QED) is 0.672. The normalized spacial score (nSPS) is 26.1. The zero-order chi connectivity index (χ0) is 23.5. The molecule has 3 heterocycles. The number of piperazine rings is 1. The minimum Gasteiger partial charge on any atom is -0.372 e. The van der Waals surface area contributed by atoms with E-state index in [1.54, 1.807) is 9.91 Å². The Morgan fingerprint density at radius 3 is 2.36 bits per heavy atom. The second kappa shape index (κ2) is 10.2. The number of carbonyl (C=O) groups excluding carboxylic acids is 3. The van der Waals surface area contributed by atoms with Crippen LogP contribution in [0.4, 0.5) is 5.69 Å². The Hall–Kier alpha value is -2.49. The first-order valence-electron chi connectivity index (χ1n) is 11.9. The fourth-order valence-corrected chi connectivity index (χ4v) is 5.00. The summed E-state index contributed by atoms with van der Waals surface area (Å²) in [7, 11) is 0. The molecule has 0 radical (unpaired) electrons. The molecule has 3 fully saturated rings. The summed E-state index contributed by atoms with van der Waals surface area (Å²) in [5.74, 6) is -0.559. The van der Waals surface area contributed by atoms with E-state index in [4.69, 9.17) is 4.74 Å². The highest BCUT2D eigenvalue weighted by molar-refractivity contribution is 5.98.